The van der Waals surface area contributed by atoms with Crippen molar-refractivity contribution >= 4 is 0 Å². The molecule has 1 aromatic heterocycles. The van der Waals surface area contributed by atoms with Crippen LogP contribution in [0.1, 0.15) is 46.0 Å². The van der Waals surface area contributed by atoms with Crippen molar-refractivity contribution in [3.05, 3.63) is 53.7 Å². The number of aromatic nitrogens is 1. The SMILES string of the molecule is [2H]C([2H])(c1ccc(-c2ccccc2C)[n+](C)c1)C1CCCCC1. The van der Waals surface area contributed by atoms with Crippen LogP contribution in [-0.4, -0.2) is 0 Å². The molecule has 0 spiro atoms. The molecule has 1 saturated carbocycles. The average molecular weight is 282 g/mol. The van der Waals surface area contributed by atoms with Crippen molar-refractivity contribution in [2.75, 3.05) is 0 Å². The molecule has 2 aromatic rings. The Morgan fingerprint density at radius 3 is 2.57 bits per heavy atom. The second kappa shape index (κ2) is 6.43. The first-order valence-corrected chi connectivity index (χ1v) is 8.06. The Kier molecular flexibility index (Phi) is 3.66. The minimum absolute atomic E-state index is 0.153. The number of pyridine rings is 1. The Bertz CT molecular complexity index is 688. The van der Waals surface area contributed by atoms with Crippen molar-refractivity contribution in [3.8, 4) is 11.3 Å². The van der Waals surface area contributed by atoms with Crippen LogP contribution in [-0.2, 0) is 13.4 Å². The van der Waals surface area contributed by atoms with Gasteiger partial charge >= 0.3 is 0 Å². The maximum Gasteiger partial charge on any atom is 0.212 e. The molecular weight excluding hydrogens is 254 g/mol. The van der Waals surface area contributed by atoms with E-state index in [4.69, 9.17) is 2.74 Å². The molecule has 0 saturated heterocycles. The Balaban J connectivity index is 1.94. The normalized spacial score (nSPS) is 18.2. The van der Waals surface area contributed by atoms with Crippen molar-refractivity contribution in [3.63, 3.8) is 0 Å². The van der Waals surface area contributed by atoms with E-state index >= 15 is 0 Å². The van der Waals surface area contributed by atoms with Gasteiger partial charge in [0, 0.05) is 19.9 Å². The van der Waals surface area contributed by atoms with Gasteiger partial charge in [0.05, 0.1) is 0 Å². The van der Waals surface area contributed by atoms with Gasteiger partial charge in [0.2, 0.25) is 5.69 Å². The summed E-state index contributed by atoms with van der Waals surface area (Å²) < 4.78 is 19.3. The first-order chi connectivity index (χ1) is 11.0. The molecule has 110 valence electrons. The van der Waals surface area contributed by atoms with Gasteiger partial charge in [-0.25, -0.2) is 4.57 Å². The molecule has 3 rings (SSSR count). The first kappa shape index (κ1) is 12.0. The maximum atomic E-state index is 8.63. The van der Waals surface area contributed by atoms with Gasteiger partial charge in [-0.2, -0.15) is 0 Å². The van der Waals surface area contributed by atoms with Gasteiger partial charge in [-0.3, -0.25) is 0 Å². The van der Waals surface area contributed by atoms with Crippen LogP contribution in [0.25, 0.3) is 11.3 Å². The lowest BCUT2D eigenvalue weighted by atomic mass is 9.85. The number of hydrogen-bond acceptors (Lipinski definition) is 0. The average Bonchev–Trinajstić information content (AvgIpc) is 2.56. The summed E-state index contributed by atoms with van der Waals surface area (Å²) in [6.45, 7) is 2.12. The smallest absolute Gasteiger partial charge is 0.201 e. The van der Waals surface area contributed by atoms with Crippen LogP contribution in [0.2, 0.25) is 0 Å². The topological polar surface area (TPSA) is 3.88 Å². The second-order valence-electron chi connectivity index (χ2n) is 6.21. The number of benzene rings is 1. The van der Waals surface area contributed by atoms with E-state index in [0.717, 1.165) is 36.9 Å². The van der Waals surface area contributed by atoms with Gasteiger partial charge in [0.25, 0.3) is 0 Å². The molecule has 0 atom stereocenters. The molecule has 0 radical (unpaired) electrons. The first-order valence-electron chi connectivity index (χ1n) is 9.06. The zero-order valence-electron chi connectivity index (χ0n) is 15.1. The molecule has 0 bridgehead atoms. The summed E-state index contributed by atoms with van der Waals surface area (Å²) in [6.07, 6.45) is 6.35. The molecule has 1 heterocycles. The zero-order valence-corrected chi connectivity index (χ0v) is 13.1. The fourth-order valence-electron chi connectivity index (χ4n) is 3.32. The second-order valence-corrected chi connectivity index (χ2v) is 6.21. The lowest BCUT2D eigenvalue weighted by molar-refractivity contribution is -0.660. The lowest BCUT2D eigenvalue weighted by Gasteiger charge is -2.21. The minimum Gasteiger partial charge on any atom is -0.201 e. The van der Waals surface area contributed by atoms with Crippen molar-refractivity contribution in [1.29, 1.82) is 0 Å². The predicted molar refractivity (Wildman–Crippen MR) is 88.1 cm³/mol. The predicted octanol–water partition coefficient (Wildman–Crippen LogP) is 4.61. The Morgan fingerprint density at radius 2 is 1.86 bits per heavy atom. The molecular formula is C20H26N+. The maximum absolute atomic E-state index is 8.63. The number of rotatable bonds is 3. The van der Waals surface area contributed by atoms with E-state index in [9.17, 15) is 0 Å². The van der Waals surface area contributed by atoms with Crippen LogP contribution in [0.5, 0.6) is 0 Å². The van der Waals surface area contributed by atoms with Gasteiger partial charge in [-0.1, -0.05) is 50.3 Å². The number of hydrogen-bond donors (Lipinski definition) is 0. The van der Waals surface area contributed by atoms with E-state index in [-0.39, 0.29) is 5.92 Å². The molecule has 1 aliphatic rings. The van der Waals surface area contributed by atoms with Gasteiger partial charge < -0.3 is 0 Å². The highest BCUT2D eigenvalue weighted by molar-refractivity contribution is 5.60. The van der Waals surface area contributed by atoms with Crippen LogP contribution >= 0.6 is 0 Å². The van der Waals surface area contributed by atoms with Gasteiger partial charge in [0.1, 0.15) is 7.05 Å². The highest BCUT2D eigenvalue weighted by atomic mass is 14.9. The zero-order chi connectivity index (χ0) is 16.4. The van der Waals surface area contributed by atoms with Crippen molar-refractivity contribution < 1.29 is 7.31 Å². The van der Waals surface area contributed by atoms with Crippen molar-refractivity contribution in [2.24, 2.45) is 13.0 Å². The summed E-state index contributed by atoms with van der Waals surface area (Å²) >= 11 is 0. The minimum atomic E-state index is -1.23. The van der Waals surface area contributed by atoms with Gasteiger partial charge in [0.15, 0.2) is 6.20 Å². The molecule has 1 aromatic carbocycles. The monoisotopic (exact) mass is 282 g/mol. The molecule has 0 N–H and O–H groups in total. The Labute approximate surface area is 131 Å². The van der Waals surface area contributed by atoms with Crippen molar-refractivity contribution in [2.45, 2.75) is 45.4 Å². The molecule has 0 aliphatic heterocycles. The third-order valence-electron chi connectivity index (χ3n) is 4.53. The lowest BCUT2D eigenvalue weighted by Crippen LogP contribution is -2.31. The molecule has 1 aliphatic carbocycles. The summed E-state index contributed by atoms with van der Waals surface area (Å²) in [5, 5.41) is 0. The largest absolute Gasteiger partial charge is 0.212 e. The Hall–Kier alpha value is -1.63. The fraction of sp³-hybridized carbons (Fsp3) is 0.450. The number of aryl methyl sites for hydroxylation is 2. The van der Waals surface area contributed by atoms with E-state index in [1.54, 1.807) is 0 Å². The molecule has 21 heavy (non-hydrogen) atoms. The summed E-state index contributed by atoms with van der Waals surface area (Å²) in [4.78, 5) is 0. The summed E-state index contributed by atoms with van der Waals surface area (Å²) in [5.41, 5.74) is 4.39. The van der Waals surface area contributed by atoms with Crippen LogP contribution in [0.15, 0.2) is 42.6 Å². The summed E-state index contributed by atoms with van der Waals surface area (Å²) in [5.74, 6) is 0.153. The van der Waals surface area contributed by atoms with Crippen LogP contribution in [0.3, 0.4) is 0 Å². The van der Waals surface area contributed by atoms with E-state index in [0.29, 0.717) is 0 Å². The number of nitrogens with zero attached hydrogens (tertiary/aromatic N) is 1. The molecule has 1 nitrogen and oxygen atoms in total. The molecule has 0 unspecified atom stereocenters. The van der Waals surface area contributed by atoms with E-state index in [1.807, 2.05) is 19.3 Å². The summed E-state index contributed by atoms with van der Waals surface area (Å²) in [6, 6.07) is 12.4. The van der Waals surface area contributed by atoms with Crippen LogP contribution < -0.4 is 4.57 Å². The summed E-state index contributed by atoms with van der Waals surface area (Å²) in [7, 11) is 2.02. The van der Waals surface area contributed by atoms with E-state index in [1.165, 1.54) is 17.5 Å². The third kappa shape index (κ3) is 3.34. The van der Waals surface area contributed by atoms with Gasteiger partial charge in [-0.15, -0.1) is 0 Å². The third-order valence-corrected chi connectivity index (χ3v) is 4.53. The van der Waals surface area contributed by atoms with E-state index < -0.39 is 6.37 Å². The fourth-order valence-corrected chi connectivity index (χ4v) is 3.32. The highest BCUT2D eigenvalue weighted by Crippen LogP contribution is 2.27. The van der Waals surface area contributed by atoms with Gasteiger partial charge in [-0.05, 0) is 36.9 Å². The van der Waals surface area contributed by atoms with Crippen LogP contribution in [0.4, 0.5) is 0 Å². The van der Waals surface area contributed by atoms with Crippen LogP contribution in [0, 0.1) is 12.8 Å². The molecule has 0 amide bonds. The molecule has 1 fully saturated rings. The molecule has 1 heteroatoms. The van der Waals surface area contributed by atoms with Crippen molar-refractivity contribution in [1.82, 2.24) is 0 Å². The van der Waals surface area contributed by atoms with E-state index in [2.05, 4.69) is 41.8 Å². The standard InChI is InChI=1S/C20H26N/c1-16-8-6-7-11-19(16)20-13-12-18(15-21(20)2)14-17-9-4-3-5-10-17/h6-8,11-13,15,17H,3-5,9-10,14H2,1-2H3/q+1/i14D2. The Morgan fingerprint density at radius 1 is 1.10 bits per heavy atom. The quantitative estimate of drug-likeness (QED) is 0.724. The highest BCUT2D eigenvalue weighted by Gasteiger charge is 2.17.